The molecule has 23 heavy (non-hydrogen) atoms. The molecule has 0 aliphatic carbocycles. The normalized spacial score (nSPS) is 16.7. The third-order valence-electron chi connectivity index (χ3n) is 4.27. The molecule has 0 radical (unpaired) electrons. The second-order valence-electron chi connectivity index (χ2n) is 6.37. The molecule has 0 spiro atoms. The minimum atomic E-state index is -0.0552. The van der Waals surface area contributed by atoms with Crippen LogP contribution in [-0.4, -0.2) is 50.1 Å². The van der Waals surface area contributed by atoms with E-state index in [1.807, 2.05) is 30.3 Å². The van der Waals surface area contributed by atoms with E-state index >= 15 is 0 Å². The zero-order valence-corrected chi connectivity index (χ0v) is 15.1. The van der Waals surface area contributed by atoms with Crippen LogP contribution in [0.1, 0.15) is 31.7 Å². The molecule has 1 aliphatic rings. The van der Waals surface area contributed by atoms with Gasteiger partial charge in [-0.25, -0.2) is 0 Å². The highest BCUT2D eigenvalue weighted by Gasteiger charge is 2.23. The average molecular weight is 340 g/mol. The van der Waals surface area contributed by atoms with Gasteiger partial charge in [-0.2, -0.15) is 0 Å². The first-order valence-electron chi connectivity index (χ1n) is 8.44. The van der Waals surface area contributed by atoms with Crippen molar-refractivity contribution < 1.29 is 4.79 Å². The third kappa shape index (κ3) is 6.50. The van der Waals surface area contributed by atoms with E-state index in [0.29, 0.717) is 5.92 Å². The molecule has 1 aliphatic heterocycles. The smallest absolute Gasteiger partial charge is 0.227 e. The number of hydrogen-bond donors (Lipinski definition) is 2. The number of nitrogens with zero attached hydrogens (tertiary/aromatic N) is 1. The van der Waals surface area contributed by atoms with Crippen LogP contribution in [0.2, 0.25) is 0 Å². The monoisotopic (exact) mass is 339 g/mol. The van der Waals surface area contributed by atoms with Crippen LogP contribution in [0.5, 0.6) is 0 Å². The number of halogens is 1. The quantitative estimate of drug-likeness (QED) is 0.749. The van der Waals surface area contributed by atoms with Gasteiger partial charge in [0.05, 0.1) is 5.92 Å². The molecule has 0 aromatic heterocycles. The lowest BCUT2D eigenvalue weighted by Crippen LogP contribution is -2.44. The van der Waals surface area contributed by atoms with Crippen molar-refractivity contribution in [1.29, 1.82) is 0 Å². The molecule has 1 heterocycles. The van der Waals surface area contributed by atoms with Gasteiger partial charge >= 0.3 is 0 Å². The van der Waals surface area contributed by atoms with E-state index in [9.17, 15) is 4.79 Å². The molecule has 4 nitrogen and oxygen atoms in total. The van der Waals surface area contributed by atoms with Crippen molar-refractivity contribution in [2.45, 2.75) is 26.2 Å². The number of carbonyl (C=O) groups is 1. The first-order chi connectivity index (χ1) is 10.7. The second-order valence-corrected chi connectivity index (χ2v) is 6.37. The lowest BCUT2D eigenvalue weighted by molar-refractivity contribution is -0.123. The van der Waals surface area contributed by atoms with E-state index in [4.69, 9.17) is 0 Å². The van der Waals surface area contributed by atoms with Crippen LogP contribution in [0.25, 0.3) is 0 Å². The van der Waals surface area contributed by atoms with E-state index in [0.717, 1.165) is 51.3 Å². The zero-order chi connectivity index (χ0) is 15.8. The van der Waals surface area contributed by atoms with Gasteiger partial charge in [-0.1, -0.05) is 44.2 Å². The van der Waals surface area contributed by atoms with Crippen molar-refractivity contribution in [2.24, 2.45) is 5.92 Å². The number of nitrogens with one attached hydrogen (secondary N) is 2. The van der Waals surface area contributed by atoms with Crippen LogP contribution in [0, 0.1) is 5.92 Å². The summed E-state index contributed by atoms with van der Waals surface area (Å²) in [6.07, 6.45) is 1.02. The molecular formula is C18H30ClN3O. The van der Waals surface area contributed by atoms with Crippen molar-refractivity contribution >= 4 is 18.3 Å². The summed E-state index contributed by atoms with van der Waals surface area (Å²) in [5.74, 6) is 0.400. The van der Waals surface area contributed by atoms with Crippen molar-refractivity contribution in [1.82, 2.24) is 15.5 Å². The SMILES string of the molecule is CC(C)C(C(=O)NCCCN1CCNCC1)c1ccccc1.Cl. The lowest BCUT2D eigenvalue weighted by Gasteiger charge is -2.27. The number of amides is 1. The maximum absolute atomic E-state index is 12.5. The van der Waals surface area contributed by atoms with Gasteiger partial charge in [0.1, 0.15) is 0 Å². The average Bonchev–Trinajstić information content (AvgIpc) is 2.53. The number of benzene rings is 1. The number of rotatable bonds is 7. The molecular weight excluding hydrogens is 310 g/mol. The van der Waals surface area contributed by atoms with Crippen LogP contribution in [-0.2, 0) is 4.79 Å². The van der Waals surface area contributed by atoms with Gasteiger partial charge in [0, 0.05) is 32.7 Å². The Morgan fingerprint density at radius 3 is 2.48 bits per heavy atom. The number of hydrogen-bond acceptors (Lipinski definition) is 3. The van der Waals surface area contributed by atoms with Crippen molar-refractivity contribution in [3.05, 3.63) is 35.9 Å². The molecule has 130 valence electrons. The molecule has 1 atom stereocenters. The van der Waals surface area contributed by atoms with Crippen LogP contribution in [0.4, 0.5) is 0 Å². The highest BCUT2D eigenvalue weighted by Crippen LogP contribution is 2.24. The lowest BCUT2D eigenvalue weighted by atomic mass is 9.87. The van der Waals surface area contributed by atoms with Crippen LogP contribution in [0.3, 0.4) is 0 Å². The number of carbonyl (C=O) groups excluding carboxylic acids is 1. The summed E-state index contributed by atoms with van der Waals surface area (Å²) < 4.78 is 0. The third-order valence-corrected chi connectivity index (χ3v) is 4.27. The van der Waals surface area contributed by atoms with Gasteiger partial charge in [-0.05, 0) is 24.4 Å². The highest BCUT2D eigenvalue weighted by atomic mass is 35.5. The van der Waals surface area contributed by atoms with Crippen molar-refractivity contribution in [3.63, 3.8) is 0 Å². The van der Waals surface area contributed by atoms with Gasteiger partial charge in [0.15, 0.2) is 0 Å². The topological polar surface area (TPSA) is 44.4 Å². The fourth-order valence-electron chi connectivity index (χ4n) is 3.06. The summed E-state index contributed by atoms with van der Waals surface area (Å²) in [5, 5.41) is 6.48. The molecule has 1 saturated heterocycles. The minimum absolute atomic E-state index is 0. The Bertz CT molecular complexity index is 447. The predicted octanol–water partition coefficient (Wildman–Crippen LogP) is 2.26. The molecule has 1 aromatic carbocycles. The second kappa shape index (κ2) is 10.6. The fraction of sp³-hybridized carbons (Fsp3) is 0.611. The van der Waals surface area contributed by atoms with E-state index < -0.39 is 0 Å². The molecule has 1 unspecified atom stereocenters. The van der Waals surface area contributed by atoms with Crippen LogP contribution in [0.15, 0.2) is 30.3 Å². The molecule has 0 saturated carbocycles. The standard InChI is InChI=1S/C18H29N3O.ClH/c1-15(2)17(16-7-4-3-5-8-16)18(22)20-9-6-12-21-13-10-19-11-14-21;/h3-5,7-8,15,17,19H,6,9-14H2,1-2H3,(H,20,22);1H. The summed E-state index contributed by atoms with van der Waals surface area (Å²) in [7, 11) is 0. The van der Waals surface area contributed by atoms with E-state index in [2.05, 4.69) is 29.4 Å². The summed E-state index contributed by atoms with van der Waals surface area (Å²) in [4.78, 5) is 15.0. The zero-order valence-electron chi connectivity index (χ0n) is 14.3. The van der Waals surface area contributed by atoms with Crippen LogP contribution >= 0.6 is 12.4 Å². The molecule has 5 heteroatoms. The first-order valence-corrected chi connectivity index (χ1v) is 8.44. The largest absolute Gasteiger partial charge is 0.356 e. The Labute approximate surface area is 146 Å². The van der Waals surface area contributed by atoms with Crippen LogP contribution < -0.4 is 10.6 Å². The molecule has 0 bridgehead atoms. The Morgan fingerprint density at radius 2 is 1.87 bits per heavy atom. The molecule has 2 rings (SSSR count). The maximum Gasteiger partial charge on any atom is 0.227 e. The van der Waals surface area contributed by atoms with Gasteiger partial charge < -0.3 is 15.5 Å². The minimum Gasteiger partial charge on any atom is -0.356 e. The Morgan fingerprint density at radius 1 is 1.22 bits per heavy atom. The molecule has 2 N–H and O–H groups in total. The summed E-state index contributed by atoms with van der Waals surface area (Å²) in [6, 6.07) is 10.1. The highest BCUT2D eigenvalue weighted by molar-refractivity contribution is 5.85. The number of piperazine rings is 1. The van der Waals surface area contributed by atoms with Gasteiger partial charge in [-0.15, -0.1) is 12.4 Å². The molecule has 1 aromatic rings. The van der Waals surface area contributed by atoms with E-state index in [-0.39, 0.29) is 24.2 Å². The Hall–Kier alpha value is -1.10. The Balaban J connectivity index is 0.00000264. The van der Waals surface area contributed by atoms with Gasteiger partial charge in [-0.3, -0.25) is 4.79 Å². The fourth-order valence-corrected chi connectivity index (χ4v) is 3.06. The summed E-state index contributed by atoms with van der Waals surface area (Å²) in [5.41, 5.74) is 1.11. The van der Waals surface area contributed by atoms with Crippen molar-refractivity contribution in [2.75, 3.05) is 39.3 Å². The summed E-state index contributed by atoms with van der Waals surface area (Å²) in [6.45, 7) is 10.4. The van der Waals surface area contributed by atoms with E-state index in [1.54, 1.807) is 0 Å². The van der Waals surface area contributed by atoms with E-state index in [1.165, 1.54) is 0 Å². The van der Waals surface area contributed by atoms with Crippen molar-refractivity contribution in [3.8, 4) is 0 Å². The molecule has 1 amide bonds. The first kappa shape index (κ1) is 19.9. The summed E-state index contributed by atoms with van der Waals surface area (Å²) >= 11 is 0. The van der Waals surface area contributed by atoms with Gasteiger partial charge in [0.2, 0.25) is 5.91 Å². The predicted molar refractivity (Wildman–Crippen MR) is 98.2 cm³/mol. The van der Waals surface area contributed by atoms with Gasteiger partial charge in [0.25, 0.3) is 0 Å². The maximum atomic E-state index is 12.5. The Kier molecular flexibility index (Phi) is 9.22. The molecule has 1 fully saturated rings.